The Hall–Kier alpha value is -2.69. The summed E-state index contributed by atoms with van der Waals surface area (Å²) in [6, 6.07) is 13.2. The molecule has 2 aromatic carbocycles. The normalized spacial score (nSPS) is 10.1. The van der Waals surface area contributed by atoms with Gasteiger partial charge >= 0.3 is 0 Å². The highest BCUT2D eigenvalue weighted by Gasteiger charge is 2.08. The zero-order valence-corrected chi connectivity index (χ0v) is 14.3. The minimum absolute atomic E-state index is 0.0239. The summed E-state index contributed by atoms with van der Waals surface area (Å²) < 4.78 is 15.9. The van der Waals surface area contributed by atoms with Crippen LogP contribution in [0.2, 0.25) is 0 Å². The number of nitrogens with one attached hydrogen (secondary N) is 1. The van der Waals surface area contributed by atoms with Crippen molar-refractivity contribution in [3.8, 4) is 17.2 Å². The van der Waals surface area contributed by atoms with Crippen LogP contribution < -0.4 is 19.5 Å². The van der Waals surface area contributed by atoms with E-state index in [0.717, 1.165) is 12.0 Å². The number of aryl methyl sites for hydroxylation is 1. The van der Waals surface area contributed by atoms with Crippen molar-refractivity contribution in [2.75, 3.05) is 20.8 Å². The van der Waals surface area contributed by atoms with Crippen LogP contribution in [-0.4, -0.2) is 26.7 Å². The Morgan fingerprint density at radius 1 is 1.00 bits per heavy atom. The summed E-state index contributed by atoms with van der Waals surface area (Å²) in [5.41, 5.74) is 2.11. The fourth-order valence-corrected chi connectivity index (χ4v) is 2.21. The van der Waals surface area contributed by atoms with E-state index in [9.17, 15) is 4.79 Å². The highest BCUT2D eigenvalue weighted by Crippen LogP contribution is 2.24. The van der Waals surface area contributed by atoms with Crippen LogP contribution >= 0.6 is 0 Å². The number of benzene rings is 2. The van der Waals surface area contributed by atoms with E-state index in [1.165, 1.54) is 5.56 Å². The number of carbonyl (C=O) groups is 1. The Bertz CT molecular complexity index is 668. The molecule has 0 aliphatic rings. The third kappa shape index (κ3) is 4.91. The van der Waals surface area contributed by atoms with E-state index < -0.39 is 0 Å². The van der Waals surface area contributed by atoms with Gasteiger partial charge in [0.05, 0.1) is 14.2 Å². The third-order valence-electron chi connectivity index (χ3n) is 3.67. The first-order chi connectivity index (χ1) is 11.7. The van der Waals surface area contributed by atoms with E-state index in [4.69, 9.17) is 14.2 Å². The molecule has 0 aliphatic carbocycles. The molecule has 0 aromatic heterocycles. The fourth-order valence-electron chi connectivity index (χ4n) is 2.21. The lowest BCUT2D eigenvalue weighted by Gasteiger charge is -2.12. The molecule has 2 rings (SSSR count). The van der Waals surface area contributed by atoms with Gasteiger partial charge in [-0.1, -0.05) is 19.1 Å². The van der Waals surface area contributed by atoms with E-state index in [-0.39, 0.29) is 12.5 Å². The van der Waals surface area contributed by atoms with Gasteiger partial charge in [-0.15, -0.1) is 0 Å². The van der Waals surface area contributed by atoms with Crippen LogP contribution in [0, 0.1) is 0 Å². The molecule has 0 fully saturated rings. The molecule has 0 radical (unpaired) electrons. The summed E-state index contributed by atoms with van der Waals surface area (Å²) in [6.07, 6.45) is 0.977. The van der Waals surface area contributed by atoms with E-state index in [0.29, 0.717) is 23.8 Å². The van der Waals surface area contributed by atoms with Crippen molar-refractivity contribution in [3.63, 3.8) is 0 Å². The molecule has 5 heteroatoms. The number of rotatable bonds is 8. The zero-order valence-electron chi connectivity index (χ0n) is 14.3. The Morgan fingerprint density at radius 2 is 1.71 bits per heavy atom. The van der Waals surface area contributed by atoms with E-state index in [2.05, 4.69) is 12.2 Å². The van der Waals surface area contributed by atoms with Gasteiger partial charge in [-0.25, -0.2) is 0 Å². The summed E-state index contributed by atoms with van der Waals surface area (Å²) in [7, 11) is 3.18. The molecule has 1 N–H and O–H groups in total. The van der Waals surface area contributed by atoms with Crippen molar-refractivity contribution in [1.82, 2.24) is 5.32 Å². The summed E-state index contributed by atoms with van der Waals surface area (Å²) in [6.45, 7) is 2.44. The van der Waals surface area contributed by atoms with E-state index >= 15 is 0 Å². The molecule has 0 heterocycles. The minimum atomic E-state index is -0.188. The van der Waals surface area contributed by atoms with Crippen LogP contribution in [0.5, 0.6) is 17.2 Å². The van der Waals surface area contributed by atoms with Crippen LogP contribution in [0.3, 0.4) is 0 Å². The van der Waals surface area contributed by atoms with Crippen LogP contribution in [0.1, 0.15) is 18.1 Å². The molecule has 0 saturated carbocycles. The van der Waals surface area contributed by atoms with Crippen molar-refractivity contribution in [2.45, 2.75) is 19.9 Å². The summed E-state index contributed by atoms with van der Waals surface area (Å²) in [5, 5.41) is 2.82. The molecule has 5 nitrogen and oxygen atoms in total. The van der Waals surface area contributed by atoms with Gasteiger partial charge in [-0.3, -0.25) is 4.79 Å². The molecular formula is C19H23NO4. The van der Waals surface area contributed by atoms with Crippen molar-refractivity contribution < 1.29 is 19.0 Å². The summed E-state index contributed by atoms with van der Waals surface area (Å²) in [4.78, 5) is 11.9. The molecule has 0 unspecified atom stereocenters. The number of amides is 1. The lowest BCUT2D eigenvalue weighted by atomic mass is 10.2. The number of hydrogen-bond acceptors (Lipinski definition) is 4. The highest BCUT2D eigenvalue weighted by atomic mass is 16.5. The third-order valence-corrected chi connectivity index (χ3v) is 3.67. The average Bonchev–Trinajstić information content (AvgIpc) is 2.64. The van der Waals surface area contributed by atoms with Crippen LogP contribution in [-0.2, 0) is 17.8 Å². The number of carbonyl (C=O) groups excluding carboxylic acids is 1. The predicted molar refractivity (Wildman–Crippen MR) is 92.7 cm³/mol. The molecule has 128 valence electrons. The highest BCUT2D eigenvalue weighted by molar-refractivity contribution is 5.77. The first-order valence-electron chi connectivity index (χ1n) is 7.85. The van der Waals surface area contributed by atoms with E-state index in [1.807, 2.05) is 36.4 Å². The standard InChI is InChI=1S/C19H23NO4/c1-4-14-5-8-16(9-6-14)24-13-19(21)20-12-15-7-10-17(22-2)11-18(15)23-3/h5-11H,4,12-13H2,1-3H3,(H,20,21). The molecule has 2 aromatic rings. The summed E-state index contributed by atoms with van der Waals surface area (Å²) in [5.74, 6) is 1.88. The second kappa shape index (κ2) is 8.82. The summed E-state index contributed by atoms with van der Waals surface area (Å²) >= 11 is 0. The molecule has 0 bridgehead atoms. The van der Waals surface area contributed by atoms with Gasteiger partial charge in [-0.2, -0.15) is 0 Å². The Balaban J connectivity index is 1.84. The van der Waals surface area contributed by atoms with Gasteiger partial charge in [0.2, 0.25) is 0 Å². The van der Waals surface area contributed by atoms with Crippen molar-refractivity contribution in [2.24, 2.45) is 0 Å². The zero-order chi connectivity index (χ0) is 17.4. The van der Waals surface area contributed by atoms with Gasteiger partial charge in [0.1, 0.15) is 17.2 Å². The van der Waals surface area contributed by atoms with Gasteiger partial charge in [-0.05, 0) is 36.2 Å². The smallest absolute Gasteiger partial charge is 0.258 e. The number of methoxy groups -OCH3 is 2. The Kier molecular flexibility index (Phi) is 6.49. The monoisotopic (exact) mass is 329 g/mol. The maximum absolute atomic E-state index is 11.9. The van der Waals surface area contributed by atoms with Crippen molar-refractivity contribution >= 4 is 5.91 Å². The minimum Gasteiger partial charge on any atom is -0.497 e. The SMILES string of the molecule is CCc1ccc(OCC(=O)NCc2ccc(OC)cc2OC)cc1. The van der Waals surface area contributed by atoms with Gasteiger partial charge < -0.3 is 19.5 Å². The Labute approximate surface area is 142 Å². The van der Waals surface area contributed by atoms with Gasteiger partial charge in [0.25, 0.3) is 5.91 Å². The fraction of sp³-hybridized carbons (Fsp3) is 0.316. The predicted octanol–water partition coefficient (Wildman–Crippen LogP) is 2.96. The molecule has 24 heavy (non-hydrogen) atoms. The molecule has 0 spiro atoms. The maximum Gasteiger partial charge on any atom is 0.258 e. The van der Waals surface area contributed by atoms with Gasteiger partial charge in [0, 0.05) is 18.2 Å². The van der Waals surface area contributed by atoms with Crippen LogP contribution in [0.25, 0.3) is 0 Å². The largest absolute Gasteiger partial charge is 0.497 e. The maximum atomic E-state index is 11.9. The van der Waals surface area contributed by atoms with Gasteiger partial charge in [0.15, 0.2) is 6.61 Å². The molecule has 0 aliphatic heterocycles. The first kappa shape index (κ1) is 17.7. The molecule has 1 amide bonds. The topological polar surface area (TPSA) is 56.8 Å². The number of ether oxygens (including phenoxy) is 3. The lowest BCUT2D eigenvalue weighted by molar-refractivity contribution is -0.123. The molecule has 0 atom stereocenters. The quantitative estimate of drug-likeness (QED) is 0.809. The molecule has 0 saturated heterocycles. The Morgan fingerprint density at radius 3 is 2.33 bits per heavy atom. The number of hydrogen-bond donors (Lipinski definition) is 1. The van der Waals surface area contributed by atoms with Crippen LogP contribution in [0.15, 0.2) is 42.5 Å². The van der Waals surface area contributed by atoms with Crippen molar-refractivity contribution in [3.05, 3.63) is 53.6 Å². The lowest BCUT2D eigenvalue weighted by Crippen LogP contribution is -2.28. The second-order valence-corrected chi connectivity index (χ2v) is 5.24. The van der Waals surface area contributed by atoms with E-state index in [1.54, 1.807) is 20.3 Å². The molecular weight excluding hydrogens is 306 g/mol. The average molecular weight is 329 g/mol. The first-order valence-corrected chi connectivity index (χ1v) is 7.85. The second-order valence-electron chi connectivity index (χ2n) is 5.24. The van der Waals surface area contributed by atoms with Crippen molar-refractivity contribution in [1.29, 1.82) is 0 Å². The van der Waals surface area contributed by atoms with Crippen LogP contribution in [0.4, 0.5) is 0 Å².